The third-order valence-corrected chi connectivity index (χ3v) is 2.93. The number of rotatable bonds is 1. The third kappa shape index (κ3) is 1.16. The lowest BCUT2D eigenvalue weighted by atomic mass is 9.83. The summed E-state index contributed by atoms with van der Waals surface area (Å²) in [5, 5.41) is 9.43. The minimum atomic E-state index is -0.120. The Kier molecular flexibility index (Phi) is 1.72. The molecule has 0 spiro atoms. The first-order chi connectivity index (χ1) is 5.71. The van der Waals surface area contributed by atoms with Gasteiger partial charge in [-0.3, -0.25) is 0 Å². The molecule has 2 heteroatoms. The van der Waals surface area contributed by atoms with Crippen molar-refractivity contribution in [1.29, 1.82) is 0 Å². The zero-order chi connectivity index (χ0) is 8.60. The van der Waals surface area contributed by atoms with Crippen LogP contribution in [0, 0.1) is 0 Å². The average Bonchev–Trinajstić information content (AvgIpc) is 2.59. The maximum absolute atomic E-state index is 9.43. The molecule has 66 valence electrons. The fraction of sp³-hybridized carbons (Fsp3) is 0.600. The summed E-state index contributed by atoms with van der Waals surface area (Å²) >= 11 is 0. The summed E-state index contributed by atoms with van der Waals surface area (Å²) in [7, 11) is 0. The minimum Gasteiger partial charge on any atom is -0.472 e. The molecule has 0 bridgehead atoms. The van der Waals surface area contributed by atoms with Crippen LogP contribution in [0.1, 0.15) is 31.7 Å². The summed E-state index contributed by atoms with van der Waals surface area (Å²) in [5.74, 6) is 0. The highest BCUT2D eigenvalue weighted by Gasteiger charge is 2.36. The van der Waals surface area contributed by atoms with E-state index in [0.717, 1.165) is 19.3 Å². The predicted molar refractivity (Wildman–Crippen MR) is 45.9 cm³/mol. The Morgan fingerprint density at radius 3 is 3.00 bits per heavy atom. The molecule has 1 aromatic rings. The van der Waals surface area contributed by atoms with Crippen LogP contribution in [-0.2, 0) is 5.41 Å². The van der Waals surface area contributed by atoms with Gasteiger partial charge in [0.2, 0.25) is 0 Å². The molecule has 0 amide bonds. The molecule has 2 atom stereocenters. The van der Waals surface area contributed by atoms with Crippen LogP contribution in [0.2, 0.25) is 0 Å². The molecule has 2 unspecified atom stereocenters. The fourth-order valence-corrected chi connectivity index (χ4v) is 2.08. The van der Waals surface area contributed by atoms with Gasteiger partial charge in [-0.2, -0.15) is 0 Å². The molecule has 1 N–H and O–H groups in total. The van der Waals surface area contributed by atoms with Gasteiger partial charge in [-0.25, -0.2) is 0 Å². The van der Waals surface area contributed by atoms with Crippen molar-refractivity contribution >= 4 is 0 Å². The largest absolute Gasteiger partial charge is 0.472 e. The normalized spacial score (nSPS) is 35.7. The number of hydrogen-bond donors (Lipinski definition) is 1. The number of furan rings is 1. The molecule has 1 fully saturated rings. The van der Waals surface area contributed by atoms with Crippen LogP contribution in [0.25, 0.3) is 0 Å². The highest BCUT2D eigenvalue weighted by atomic mass is 16.3. The Bertz CT molecular complexity index is 253. The molecule has 0 radical (unpaired) electrons. The molecule has 1 heterocycles. The molecule has 1 aliphatic carbocycles. The monoisotopic (exact) mass is 166 g/mol. The van der Waals surface area contributed by atoms with Crippen LogP contribution in [0.4, 0.5) is 0 Å². The first kappa shape index (κ1) is 7.87. The van der Waals surface area contributed by atoms with E-state index in [2.05, 4.69) is 6.92 Å². The Morgan fingerprint density at radius 2 is 2.50 bits per heavy atom. The van der Waals surface area contributed by atoms with Gasteiger partial charge in [0, 0.05) is 0 Å². The molecule has 0 saturated heterocycles. The van der Waals surface area contributed by atoms with E-state index in [1.807, 2.05) is 6.07 Å². The van der Waals surface area contributed by atoms with Gasteiger partial charge in [0.05, 0.1) is 18.6 Å². The van der Waals surface area contributed by atoms with Crippen molar-refractivity contribution in [3.63, 3.8) is 0 Å². The molecular formula is C10H14O2. The van der Waals surface area contributed by atoms with Crippen molar-refractivity contribution in [3.05, 3.63) is 24.2 Å². The summed E-state index contributed by atoms with van der Waals surface area (Å²) in [6, 6.07) is 2.00. The summed E-state index contributed by atoms with van der Waals surface area (Å²) in [5.41, 5.74) is 1.37. The number of aliphatic hydroxyl groups is 1. The van der Waals surface area contributed by atoms with E-state index in [0.29, 0.717) is 0 Å². The first-order valence-electron chi connectivity index (χ1n) is 4.41. The van der Waals surface area contributed by atoms with Crippen molar-refractivity contribution in [3.8, 4) is 0 Å². The highest BCUT2D eigenvalue weighted by Crippen LogP contribution is 2.40. The molecule has 1 aliphatic rings. The Balaban J connectivity index is 2.23. The smallest absolute Gasteiger partial charge is 0.0940 e. The second kappa shape index (κ2) is 2.63. The quantitative estimate of drug-likeness (QED) is 0.693. The van der Waals surface area contributed by atoms with Gasteiger partial charge in [0.15, 0.2) is 0 Å². The molecule has 1 saturated carbocycles. The maximum atomic E-state index is 9.43. The van der Waals surface area contributed by atoms with Crippen LogP contribution >= 0.6 is 0 Å². The highest BCUT2D eigenvalue weighted by molar-refractivity contribution is 5.21. The standard InChI is InChI=1S/C10H14O2/c1-10(4-2-9(11)6-10)8-3-5-12-7-8/h3,5,7,9,11H,2,4,6H2,1H3. The van der Waals surface area contributed by atoms with E-state index in [9.17, 15) is 5.11 Å². The van der Waals surface area contributed by atoms with E-state index in [4.69, 9.17) is 4.42 Å². The molecule has 0 aliphatic heterocycles. The molecular weight excluding hydrogens is 152 g/mol. The summed E-state index contributed by atoms with van der Waals surface area (Å²) in [6.07, 6.45) is 6.22. The summed E-state index contributed by atoms with van der Waals surface area (Å²) in [4.78, 5) is 0. The lowest BCUT2D eigenvalue weighted by Gasteiger charge is -2.21. The van der Waals surface area contributed by atoms with E-state index in [-0.39, 0.29) is 11.5 Å². The van der Waals surface area contributed by atoms with Crippen LogP contribution in [-0.4, -0.2) is 11.2 Å². The van der Waals surface area contributed by atoms with Crippen LogP contribution in [0.15, 0.2) is 23.0 Å². The van der Waals surface area contributed by atoms with E-state index >= 15 is 0 Å². The van der Waals surface area contributed by atoms with E-state index < -0.39 is 0 Å². The average molecular weight is 166 g/mol. The van der Waals surface area contributed by atoms with Crippen LogP contribution in [0.5, 0.6) is 0 Å². The van der Waals surface area contributed by atoms with Crippen molar-refractivity contribution in [2.75, 3.05) is 0 Å². The fourth-order valence-electron chi connectivity index (χ4n) is 2.08. The van der Waals surface area contributed by atoms with Gasteiger partial charge < -0.3 is 9.52 Å². The van der Waals surface area contributed by atoms with Crippen LogP contribution < -0.4 is 0 Å². The third-order valence-electron chi connectivity index (χ3n) is 2.93. The predicted octanol–water partition coefficient (Wildman–Crippen LogP) is 2.08. The minimum absolute atomic E-state index is 0.120. The van der Waals surface area contributed by atoms with Gasteiger partial charge in [0.1, 0.15) is 0 Å². The summed E-state index contributed by atoms with van der Waals surface area (Å²) < 4.78 is 5.05. The Morgan fingerprint density at radius 1 is 1.67 bits per heavy atom. The molecule has 1 aromatic heterocycles. The van der Waals surface area contributed by atoms with Crippen molar-refractivity contribution < 1.29 is 9.52 Å². The maximum Gasteiger partial charge on any atom is 0.0940 e. The van der Waals surface area contributed by atoms with Gasteiger partial charge in [-0.1, -0.05) is 6.92 Å². The van der Waals surface area contributed by atoms with Gasteiger partial charge in [0.25, 0.3) is 0 Å². The van der Waals surface area contributed by atoms with Crippen molar-refractivity contribution in [2.24, 2.45) is 0 Å². The lowest BCUT2D eigenvalue weighted by molar-refractivity contribution is 0.175. The van der Waals surface area contributed by atoms with Crippen molar-refractivity contribution in [1.82, 2.24) is 0 Å². The second-order valence-corrected chi connectivity index (χ2v) is 3.97. The van der Waals surface area contributed by atoms with E-state index in [1.54, 1.807) is 12.5 Å². The second-order valence-electron chi connectivity index (χ2n) is 3.97. The zero-order valence-electron chi connectivity index (χ0n) is 7.29. The number of hydrogen-bond acceptors (Lipinski definition) is 2. The summed E-state index contributed by atoms with van der Waals surface area (Å²) in [6.45, 7) is 2.19. The van der Waals surface area contributed by atoms with Gasteiger partial charge in [-0.15, -0.1) is 0 Å². The first-order valence-corrected chi connectivity index (χ1v) is 4.41. The van der Waals surface area contributed by atoms with Crippen molar-refractivity contribution in [2.45, 2.75) is 37.7 Å². The molecule has 0 aromatic carbocycles. The Labute approximate surface area is 72.2 Å². The lowest BCUT2D eigenvalue weighted by Crippen LogP contribution is -2.17. The SMILES string of the molecule is CC1(c2ccoc2)CCC(O)C1. The Hall–Kier alpha value is -0.760. The zero-order valence-corrected chi connectivity index (χ0v) is 7.29. The molecule has 12 heavy (non-hydrogen) atoms. The number of aliphatic hydroxyl groups excluding tert-OH is 1. The van der Waals surface area contributed by atoms with Gasteiger partial charge >= 0.3 is 0 Å². The topological polar surface area (TPSA) is 33.4 Å². The van der Waals surface area contributed by atoms with Gasteiger partial charge in [-0.05, 0) is 36.3 Å². The van der Waals surface area contributed by atoms with Crippen LogP contribution in [0.3, 0.4) is 0 Å². The molecule has 2 nitrogen and oxygen atoms in total. The van der Waals surface area contributed by atoms with E-state index in [1.165, 1.54) is 5.56 Å². The molecule has 2 rings (SSSR count).